The second-order valence-electron chi connectivity index (χ2n) is 6.58. The molecule has 2 aliphatic rings. The molecule has 7 heteroatoms. The fourth-order valence-electron chi connectivity index (χ4n) is 3.71. The number of ether oxygens (including phenoxy) is 1. The minimum Gasteiger partial charge on any atom is -0.493 e. The van der Waals surface area contributed by atoms with Crippen molar-refractivity contribution in [1.82, 2.24) is 9.21 Å². The van der Waals surface area contributed by atoms with Crippen molar-refractivity contribution in [2.75, 3.05) is 32.8 Å². The Morgan fingerprint density at radius 1 is 0.962 bits per heavy atom. The highest BCUT2D eigenvalue weighted by molar-refractivity contribution is 7.89. The van der Waals surface area contributed by atoms with Gasteiger partial charge in [-0.15, -0.1) is 0 Å². The second kappa shape index (κ2) is 6.98. The number of rotatable bonds is 3. The third-order valence-electron chi connectivity index (χ3n) is 5.09. The fourth-order valence-corrected chi connectivity index (χ4v) is 5.14. The zero-order chi connectivity index (χ0) is 18.1. The molecule has 2 aromatic rings. The lowest BCUT2D eigenvalue weighted by atomic mass is 9.98. The molecule has 1 atom stereocenters. The molecule has 5 nitrogen and oxygen atoms in total. The highest BCUT2D eigenvalue weighted by Gasteiger charge is 2.33. The zero-order valence-corrected chi connectivity index (χ0v) is 15.2. The Kier molecular flexibility index (Phi) is 4.69. The molecule has 1 unspecified atom stereocenters. The molecule has 4 rings (SSSR count). The molecule has 2 heterocycles. The van der Waals surface area contributed by atoms with Gasteiger partial charge in [0.1, 0.15) is 11.6 Å². The molecular formula is C19H21FN2O3S. The first-order valence-electron chi connectivity index (χ1n) is 8.77. The van der Waals surface area contributed by atoms with Gasteiger partial charge in [0, 0.05) is 44.2 Å². The Morgan fingerprint density at radius 2 is 1.65 bits per heavy atom. The van der Waals surface area contributed by atoms with Gasteiger partial charge in [0.05, 0.1) is 11.5 Å². The van der Waals surface area contributed by atoms with E-state index in [1.54, 1.807) is 0 Å². The molecule has 1 saturated heterocycles. The minimum absolute atomic E-state index is 0.142. The van der Waals surface area contributed by atoms with Crippen LogP contribution in [-0.4, -0.2) is 50.4 Å². The van der Waals surface area contributed by atoms with Crippen LogP contribution in [0.15, 0.2) is 53.4 Å². The fraction of sp³-hybridized carbons (Fsp3) is 0.368. The first kappa shape index (κ1) is 17.5. The summed E-state index contributed by atoms with van der Waals surface area (Å²) in [5.74, 6) is 0.483. The summed E-state index contributed by atoms with van der Waals surface area (Å²) < 4.78 is 45.8. The van der Waals surface area contributed by atoms with Gasteiger partial charge in [-0.2, -0.15) is 4.31 Å². The van der Waals surface area contributed by atoms with Crippen LogP contribution in [0.5, 0.6) is 5.75 Å². The molecule has 0 saturated carbocycles. The van der Waals surface area contributed by atoms with Crippen LogP contribution in [0.3, 0.4) is 0 Å². The third kappa shape index (κ3) is 3.22. The lowest BCUT2D eigenvalue weighted by Crippen LogP contribution is -2.50. The van der Waals surface area contributed by atoms with Gasteiger partial charge in [-0.05, 0) is 30.3 Å². The lowest BCUT2D eigenvalue weighted by molar-refractivity contribution is 0.103. The normalized spacial score (nSPS) is 21.8. The number of hydrogen-bond donors (Lipinski definition) is 0. The molecule has 0 radical (unpaired) electrons. The molecule has 0 bridgehead atoms. The molecule has 0 spiro atoms. The topological polar surface area (TPSA) is 49.9 Å². The van der Waals surface area contributed by atoms with Gasteiger partial charge in [0.2, 0.25) is 10.0 Å². The molecule has 0 aliphatic carbocycles. The van der Waals surface area contributed by atoms with E-state index in [-0.39, 0.29) is 10.9 Å². The Hall–Kier alpha value is -1.96. The minimum atomic E-state index is -3.58. The summed E-state index contributed by atoms with van der Waals surface area (Å²) in [6.45, 7) is 2.87. The molecule has 138 valence electrons. The maximum atomic E-state index is 13.1. The average Bonchev–Trinajstić information content (AvgIpc) is 2.68. The molecule has 0 N–H and O–H groups in total. The van der Waals surface area contributed by atoms with Crippen molar-refractivity contribution in [1.29, 1.82) is 0 Å². The largest absolute Gasteiger partial charge is 0.493 e. The van der Waals surface area contributed by atoms with Crippen molar-refractivity contribution < 1.29 is 17.5 Å². The number of piperazine rings is 1. The van der Waals surface area contributed by atoms with Crippen LogP contribution < -0.4 is 4.74 Å². The van der Waals surface area contributed by atoms with Crippen LogP contribution in [-0.2, 0) is 10.0 Å². The summed E-state index contributed by atoms with van der Waals surface area (Å²) in [5.41, 5.74) is 1.17. The van der Waals surface area contributed by atoms with Gasteiger partial charge in [-0.3, -0.25) is 4.90 Å². The van der Waals surface area contributed by atoms with E-state index in [1.807, 2.05) is 18.2 Å². The van der Waals surface area contributed by atoms with Crippen LogP contribution in [0.25, 0.3) is 0 Å². The summed E-state index contributed by atoms with van der Waals surface area (Å²) in [6, 6.07) is 13.3. The van der Waals surface area contributed by atoms with Crippen LogP contribution in [0.4, 0.5) is 4.39 Å². The summed E-state index contributed by atoms with van der Waals surface area (Å²) in [5, 5.41) is 0. The molecule has 2 aromatic carbocycles. The van der Waals surface area contributed by atoms with Gasteiger partial charge in [-0.25, -0.2) is 12.8 Å². The van der Waals surface area contributed by atoms with Crippen molar-refractivity contribution in [2.24, 2.45) is 0 Å². The molecule has 0 amide bonds. The molecular weight excluding hydrogens is 355 g/mol. The van der Waals surface area contributed by atoms with Crippen molar-refractivity contribution in [3.63, 3.8) is 0 Å². The van der Waals surface area contributed by atoms with Crippen molar-refractivity contribution in [2.45, 2.75) is 17.4 Å². The second-order valence-corrected chi connectivity index (χ2v) is 8.52. The number of hydrogen-bond acceptors (Lipinski definition) is 4. The average molecular weight is 376 g/mol. The Morgan fingerprint density at radius 3 is 2.38 bits per heavy atom. The van der Waals surface area contributed by atoms with Crippen LogP contribution in [0.2, 0.25) is 0 Å². The highest BCUT2D eigenvalue weighted by atomic mass is 32.2. The van der Waals surface area contributed by atoms with Gasteiger partial charge in [0.15, 0.2) is 0 Å². The third-order valence-corrected chi connectivity index (χ3v) is 7.01. The summed E-state index contributed by atoms with van der Waals surface area (Å²) in [6.07, 6.45) is 0.904. The van der Waals surface area contributed by atoms with Crippen LogP contribution in [0, 0.1) is 5.82 Å². The van der Waals surface area contributed by atoms with Gasteiger partial charge >= 0.3 is 0 Å². The van der Waals surface area contributed by atoms with Gasteiger partial charge in [-0.1, -0.05) is 18.2 Å². The number of halogens is 1. The quantitative estimate of drug-likeness (QED) is 0.826. The lowest BCUT2D eigenvalue weighted by Gasteiger charge is -2.40. The number of para-hydroxylation sites is 1. The molecule has 1 fully saturated rings. The number of nitrogens with zero attached hydrogens (tertiary/aromatic N) is 2. The van der Waals surface area contributed by atoms with Crippen LogP contribution in [0.1, 0.15) is 18.0 Å². The smallest absolute Gasteiger partial charge is 0.243 e. The predicted molar refractivity (Wildman–Crippen MR) is 96.0 cm³/mol. The van der Waals surface area contributed by atoms with Crippen molar-refractivity contribution in [3.05, 3.63) is 59.9 Å². The van der Waals surface area contributed by atoms with E-state index in [1.165, 1.54) is 34.1 Å². The van der Waals surface area contributed by atoms with Gasteiger partial charge in [0.25, 0.3) is 0 Å². The number of benzene rings is 2. The Bertz CT molecular complexity index is 878. The predicted octanol–water partition coefficient (Wildman–Crippen LogP) is 2.66. The first-order valence-corrected chi connectivity index (χ1v) is 10.2. The van der Waals surface area contributed by atoms with E-state index in [0.29, 0.717) is 32.8 Å². The number of fused-ring (bicyclic) bond motifs is 1. The first-order chi connectivity index (χ1) is 12.6. The van der Waals surface area contributed by atoms with E-state index in [2.05, 4.69) is 11.0 Å². The number of sulfonamides is 1. The summed E-state index contributed by atoms with van der Waals surface area (Å²) in [7, 11) is -3.58. The zero-order valence-electron chi connectivity index (χ0n) is 14.3. The van der Waals surface area contributed by atoms with E-state index >= 15 is 0 Å². The van der Waals surface area contributed by atoms with Crippen molar-refractivity contribution >= 4 is 10.0 Å². The standard InChI is InChI=1S/C19H21FN2O3S/c20-15-5-7-16(8-6-15)26(23,24)22-12-10-21(11-13-22)18-9-14-25-19-4-2-1-3-17(18)19/h1-8,18H,9-14H2. The Labute approximate surface area is 153 Å². The van der Waals surface area contributed by atoms with E-state index in [4.69, 9.17) is 4.74 Å². The maximum absolute atomic E-state index is 13.1. The van der Waals surface area contributed by atoms with E-state index in [0.717, 1.165) is 12.2 Å². The molecule has 2 aliphatic heterocycles. The van der Waals surface area contributed by atoms with Crippen molar-refractivity contribution in [3.8, 4) is 5.75 Å². The molecule has 0 aromatic heterocycles. The Balaban J connectivity index is 1.47. The highest BCUT2D eigenvalue weighted by Crippen LogP contribution is 2.36. The van der Waals surface area contributed by atoms with E-state index in [9.17, 15) is 12.8 Å². The SMILES string of the molecule is O=S(=O)(c1ccc(F)cc1)N1CCN(C2CCOc3ccccc32)CC1. The monoisotopic (exact) mass is 376 g/mol. The van der Waals surface area contributed by atoms with Gasteiger partial charge < -0.3 is 4.74 Å². The maximum Gasteiger partial charge on any atom is 0.243 e. The van der Waals surface area contributed by atoms with Crippen LogP contribution >= 0.6 is 0 Å². The van der Waals surface area contributed by atoms with E-state index < -0.39 is 15.8 Å². The summed E-state index contributed by atoms with van der Waals surface area (Å²) >= 11 is 0. The summed E-state index contributed by atoms with van der Waals surface area (Å²) in [4.78, 5) is 2.47. The molecule has 26 heavy (non-hydrogen) atoms.